The Kier molecular flexibility index (Phi) is 6.30. The van der Waals surface area contributed by atoms with Crippen LogP contribution in [0.3, 0.4) is 0 Å². The van der Waals surface area contributed by atoms with Gasteiger partial charge in [-0.1, -0.05) is 6.92 Å². The van der Waals surface area contributed by atoms with Gasteiger partial charge in [-0.3, -0.25) is 4.79 Å². The number of carbonyl (C=O) groups excluding carboxylic acids is 2. The number of benzene rings is 1. The highest BCUT2D eigenvalue weighted by Gasteiger charge is 2.28. The van der Waals surface area contributed by atoms with E-state index >= 15 is 0 Å². The van der Waals surface area contributed by atoms with Crippen molar-refractivity contribution in [3.63, 3.8) is 0 Å². The number of urea groups is 1. The molecule has 0 aliphatic carbocycles. The van der Waals surface area contributed by atoms with Gasteiger partial charge in [0.2, 0.25) is 0 Å². The fourth-order valence-electron chi connectivity index (χ4n) is 4.26. The quantitative estimate of drug-likeness (QED) is 0.698. The molecule has 1 aromatic carbocycles. The summed E-state index contributed by atoms with van der Waals surface area (Å²) in [5.41, 5.74) is 1.18. The monoisotopic (exact) mass is 415 g/mol. The predicted molar refractivity (Wildman–Crippen MR) is 117 cm³/mol. The molecule has 4 heterocycles. The van der Waals surface area contributed by atoms with Crippen molar-refractivity contribution in [3.05, 3.63) is 23.9 Å². The maximum atomic E-state index is 12.9. The van der Waals surface area contributed by atoms with E-state index in [9.17, 15) is 9.59 Å². The number of piperidine rings is 1. The zero-order chi connectivity index (χ0) is 20.2. The largest absolute Gasteiger partial charge is 0.347 e. The third-order valence-corrected chi connectivity index (χ3v) is 6.73. The number of amides is 3. The molecule has 7 nitrogen and oxygen atoms in total. The number of rotatable bonds is 5. The van der Waals surface area contributed by atoms with E-state index < -0.39 is 0 Å². The van der Waals surface area contributed by atoms with Crippen molar-refractivity contribution in [1.29, 1.82) is 0 Å². The van der Waals surface area contributed by atoms with E-state index in [0.717, 1.165) is 48.5 Å². The summed E-state index contributed by atoms with van der Waals surface area (Å²) < 4.78 is 5.30. The smallest absolute Gasteiger partial charge is 0.319 e. The third kappa shape index (κ3) is 4.87. The lowest BCUT2D eigenvalue weighted by atomic mass is 9.87. The summed E-state index contributed by atoms with van der Waals surface area (Å²) in [6.45, 7) is 5.88. The highest BCUT2D eigenvalue weighted by atomic mass is 32.1. The molecule has 3 aliphatic rings. The highest BCUT2D eigenvalue weighted by molar-refractivity contribution is 7.13. The highest BCUT2D eigenvalue weighted by Crippen LogP contribution is 2.28. The first kappa shape index (κ1) is 20.1. The average Bonchev–Trinajstić information content (AvgIpc) is 3.12. The Labute approximate surface area is 175 Å². The Hall–Kier alpha value is -2.19. The first-order valence-electron chi connectivity index (χ1n) is 10.6. The van der Waals surface area contributed by atoms with Gasteiger partial charge in [-0.2, -0.15) is 4.37 Å². The molecular formula is C21H29N5O2S. The summed E-state index contributed by atoms with van der Waals surface area (Å²) in [4.78, 5) is 27.2. The van der Waals surface area contributed by atoms with Crippen molar-refractivity contribution in [2.45, 2.75) is 45.1 Å². The number of fused-ring (bicyclic) bond motifs is 6. The van der Waals surface area contributed by atoms with Gasteiger partial charge in [-0.15, -0.1) is 0 Å². The van der Waals surface area contributed by atoms with Gasteiger partial charge < -0.3 is 20.9 Å². The standard InChI is InChI=1S/C21H29N5O2S/c1-2-9-22-21(28)24-15-5-6-17-18(12-15)29-25-19(17)20(27)23-16-4-3-14-7-10-26(13-16)11-8-14/h5-6,12,14,16H,2-4,7-11,13H2,1H3,(H,23,27)(H2,22,24,28)/t16-/m0/s1. The lowest BCUT2D eigenvalue weighted by Crippen LogP contribution is -2.48. The molecule has 2 bridgehead atoms. The summed E-state index contributed by atoms with van der Waals surface area (Å²) in [6, 6.07) is 5.52. The number of carbonyl (C=O) groups is 2. The Morgan fingerprint density at radius 3 is 2.83 bits per heavy atom. The van der Waals surface area contributed by atoms with Gasteiger partial charge >= 0.3 is 6.03 Å². The van der Waals surface area contributed by atoms with E-state index in [2.05, 4.69) is 25.2 Å². The maximum Gasteiger partial charge on any atom is 0.319 e. The minimum absolute atomic E-state index is 0.0969. The molecule has 29 heavy (non-hydrogen) atoms. The van der Waals surface area contributed by atoms with E-state index in [-0.39, 0.29) is 18.0 Å². The number of hydrogen-bond donors (Lipinski definition) is 3. The second-order valence-electron chi connectivity index (χ2n) is 8.11. The Morgan fingerprint density at radius 1 is 1.21 bits per heavy atom. The van der Waals surface area contributed by atoms with Gasteiger partial charge in [-0.25, -0.2) is 4.79 Å². The zero-order valence-corrected chi connectivity index (χ0v) is 17.7. The summed E-state index contributed by atoms with van der Waals surface area (Å²) in [5, 5.41) is 9.67. The number of anilines is 1. The van der Waals surface area contributed by atoms with Gasteiger partial charge in [0.25, 0.3) is 5.91 Å². The molecule has 3 N–H and O–H groups in total. The average molecular weight is 416 g/mol. The van der Waals surface area contributed by atoms with Crippen molar-refractivity contribution in [3.8, 4) is 0 Å². The van der Waals surface area contributed by atoms with E-state index in [1.165, 1.54) is 30.8 Å². The predicted octanol–water partition coefficient (Wildman–Crippen LogP) is 3.43. The van der Waals surface area contributed by atoms with E-state index in [1.807, 2.05) is 25.1 Å². The van der Waals surface area contributed by atoms with Crippen LogP contribution in [0, 0.1) is 5.92 Å². The minimum atomic E-state index is -0.220. The van der Waals surface area contributed by atoms with Crippen LogP contribution < -0.4 is 16.0 Å². The lowest BCUT2D eigenvalue weighted by Gasteiger charge is -2.38. The number of hydrogen-bond acceptors (Lipinski definition) is 5. The van der Waals surface area contributed by atoms with Crippen LogP contribution in [0.5, 0.6) is 0 Å². The molecule has 156 valence electrons. The summed E-state index contributed by atoms with van der Waals surface area (Å²) in [5.74, 6) is 0.715. The molecule has 8 heteroatoms. The van der Waals surface area contributed by atoms with Crippen molar-refractivity contribution >= 4 is 39.2 Å². The molecule has 0 radical (unpaired) electrons. The Morgan fingerprint density at radius 2 is 2.03 bits per heavy atom. The number of nitrogens with one attached hydrogen (secondary N) is 3. The van der Waals surface area contributed by atoms with Gasteiger partial charge in [0.15, 0.2) is 0 Å². The topological polar surface area (TPSA) is 86.4 Å². The van der Waals surface area contributed by atoms with E-state index in [0.29, 0.717) is 17.9 Å². The van der Waals surface area contributed by atoms with Crippen molar-refractivity contribution in [2.24, 2.45) is 5.92 Å². The zero-order valence-electron chi connectivity index (χ0n) is 16.9. The first-order chi connectivity index (χ1) is 14.1. The van der Waals surface area contributed by atoms with E-state index in [4.69, 9.17) is 0 Å². The Bertz CT molecular complexity index is 875. The molecule has 1 aromatic heterocycles. The molecule has 5 rings (SSSR count). The summed E-state index contributed by atoms with van der Waals surface area (Å²) >= 11 is 1.29. The van der Waals surface area contributed by atoms with Crippen LogP contribution in [-0.4, -0.2) is 53.4 Å². The normalized spacial score (nSPS) is 24.0. The minimum Gasteiger partial charge on any atom is -0.347 e. The van der Waals surface area contributed by atoms with Crippen molar-refractivity contribution < 1.29 is 9.59 Å². The van der Waals surface area contributed by atoms with Crippen LogP contribution in [0.4, 0.5) is 10.5 Å². The van der Waals surface area contributed by atoms with Crippen molar-refractivity contribution in [2.75, 3.05) is 31.5 Å². The molecule has 3 saturated heterocycles. The fourth-order valence-corrected chi connectivity index (χ4v) is 5.08. The molecule has 2 aromatic rings. The van der Waals surface area contributed by atoms with Crippen LogP contribution in [0.2, 0.25) is 0 Å². The van der Waals surface area contributed by atoms with Crippen molar-refractivity contribution in [1.82, 2.24) is 19.9 Å². The number of aromatic nitrogens is 1. The summed E-state index contributed by atoms with van der Waals surface area (Å²) in [7, 11) is 0. The first-order valence-corrected chi connectivity index (χ1v) is 11.4. The van der Waals surface area contributed by atoms with Gasteiger partial charge in [0.05, 0.1) is 4.70 Å². The number of nitrogens with zero attached hydrogens (tertiary/aromatic N) is 2. The Balaban J connectivity index is 1.42. The molecule has 0 spiro atoms. The molecule has 3 amide bonds. The molecule has 0 unspecified atom stereocenters. The molecule has 3 fully saturated rings. The van der Waals surface area contributed by atoms with Crippen LogP contribution >= 0.6 is 11.5 Å². The second-order valence-corrected chi connectivity index (χ2v) is 8.92. The molecule has 1 atom stereocenters. The van der Waals surface area contributed by atoms with Crippen LogP contribution in [-0.2, 0) is 0 Å². The van der Waals surface area contributed by atoms with Crippen LogP contribution in [0.1, 0.15) is 49.5 Å². The summed E-state index contributed by atoms with van der Waals surface area (Å²) in [6.07, 6.45) is 5.72. The third-order valence-electron chi connectivity index (χ3n) is 5.92. The van der Waals surface area contributed by atoms with Crippen LogP contribution in [0.15, 0.2) is 18.2 Å². The van der Waals surface area contributed by atoms with Gasteiger partial charge in [0, 0.05) is 30.2 Å². The van der Waals surface area contributed by atoms with Gasteiger partial charge in [0.1, 0.15) is 5.69 Å². The molecule has 0 saturated carbocycles. The lowest BCUT2D eigenvalue weighted by molar-refractivity contribution is 0.0873. The molecule has 3 aliphatic heterocycles. The van der Waals surface area contributed by atoms with Gasteiger partial charge in [-0.05, 0) is 80.8 Å². The van der Waals surface area contributed by atoms with Crippen LogP contribution in [0.25, 0.3) is 10.1 Å². The maximum absolute atomic E-state index is 12.9. The fraction of sp³-hybridized carbons (Fsp3) is 0.571. The van der Waals surface area contributed by atoms with E-state index in [1.54, 1.807) is 0 Å². The molecular weight excluding hydrogens is 386 g/mol. The second kappa shape index (κ2) is 9.09. The SMILES string of the molecule is CCCNC(=O)Nc1ccc2c(C(=O)N[C@H]3CCC4CCN(CC4)C3)nsc2c1.